The fraction of sp³-hybridized carbons (Fsp3) is 0.0952. The van der Waals surface area contributed by atoms with Gasteiger partial charge in [-0.1, -0.05) is 48.5 Å². The van der Waals surface area contributed by atoms with Crippen molar-refractivity contribution in [3.63, 3.8) is 0 Å². The second-order valence-electron chi connectivity index (χ2n) is 5.44. The van der Waals surface area contributed by atoms with E-state index in [1.54, 1.807) is 0 Å². The maximum absolute atomic E-state index is 8.88. The number of aryl methyl sites for hydroxylation is 1. The number of hydrogen-bond acceptors (Lipinski definition) is 2. The summed E-state index contributed by atoms with van der Waals surface area (Å²) in [7, 11) is 0. The smallest absolute Gasteiger partial charge is 0.120 e. The van der Waals surface area contributed by atoms with Crippen LogP contribution in [0.25, 0.3) is 11.1 Å². The van der Waals surface area contributed by atoms with Crippen LogP contribution in [-0.4, -0.2) is 0 Å². The number of hydrogen-bond donors (Lipinski definition) is 0. The van der Waals surface area contributed by atoms with Gasteiger partial charge >= 0.3 is 0 Å². The van der Waals surface area contributed by atoms with Crippen LogP contribution < -0.4 is 4.74 Å². The molecule has 0 radical (unpaired) electrons. The average molecular weight is 299 g/mol. The average Bonchev–Trinajstić information content (AvgIpc) is 2.61. The number of rotatable bonds is 4. The molecule has 3 rings (SSSR count). The van der Waals surface area contributed by atoms with Crippen LogP contribution in [0.3, 0.4) is 0 Å². The fourth-order valence-corrected chi connectivity index (χ4v) is 2.52. The van der Waals surface area contributed by atoms with E-state index in [-0.39, 0.29) is 0 Å². The molecule has 112 valence electrons. The minimum absolute atomic E-state index is 0.566. The van der Waals surface area contributed by atoms with E-state index in [0.29, 0.717) is 12.2 Å². The minimum atomic E-state index is 0.566. The summed E-state index contributed by atoms with van der Waals surface area (Å²) < 4.78 is 5.86. The molecule has 0 amide bonds. The van der Waals surface area contributed by atoms with Crippen molar-refractivity contribution in [2.75, 3.05) is 0 Å². The normalized spacial score (nSPS) is 10.1. The number of nitrogens with zero attached hydrogens (tertiary/aromatic N) is 1. The van der Waals surface area contributed by atoms with Crippen molar-refractivity contribution in [3.8, 4) is 22.9 Å². The van der Waals surface area contributed by atoms with E-state index in [9.17, 15) is 0 Å². The summed E-state index contributed by atoms with van der Waals surface area (Å²) in [5.41, 5.74) is 5.24. The first-order chi connectivity index (χ1) is 11.3. The molecular formula is C21H17NO. The van der Waals surface area contributed by atoms with Crippen molar-refractivity contribution in [1.29, 1.82) is 5.26 Å². The van der Waals surface area contributed by atoms with E-state index in [2.05, 4.69) is 37.3 Å². The van der Waals surface area contributed by atoms with Crippen LogP contribution in [0.2, 0.25) is 0 Å². The van der Waals surface area contributed by atoms with Crippen LogP contribution in [0, 0.1) is 18.3 Å². The molecule has 0 spiro atoms. The van der Waals surface area contributed by atoms with E-state index < -0.39 is 0 Å². The molecule has 23 heavy (non-hydrogen) atoms. The Kier molecular flexibility index (Phi) is 4.40. The van der Waals surface area contributed by atoms with Crippen molar-refractivity contribution < 1.29 is 4.74 Å². The molecule has 0 bridgehead atoms. The van der Waals surface area contributed by atoms with Gasteiger partial charge in [0.25, 0.3) is 0 Å². The van der Waals surface area contributed by atoms with Gasteiger partial charge in [0.1, 0.15) is 12.4 Å². The third-order valence-electron chi connectivity index (χ3n) is 3.77. The summed E-state index contributed by atoms with van der Waals surface area (Å²) in [5.74, 6) is 0.865. The first-order valence-corrected chi connectivity index (χ1v) is 7.54. The zero-order valence-corrected chi connectivity index (χ0v) is 13.0. The van der Waals surface area contributed by atoms with E-state index in [0.717, 1.165) is 28.0 Å². The van der Waals surface area contributed by atoms with Gasteiger partial charge in [-0.25, -0.2) is 0 Å². The fourth-order valence-electron chi connectivity index (χ4n) is 2.52. The van der Waals surface area contributed by atoms with Gasteiger partial charge in [0.15, 0.2) is 0 Å². The van der Waals surface area contributed by atoms with Gasteiger partial charge in [0.2, 0.25) is 0 Å². The van der Waals surface area contributed by atoms with E-state index in [4.69, 9.17) is 10.00 Å². The predicted molar refractivity (Wildman–Crippen MR) is 92.1 cm³/mol. The minimum Gasteiger partial charge on any atom is -0.489 e. The second kappa shape index (κ2) is 6.81. The van der Waals surface area contributed by atoms with Gasteiger partial charge in [-0.2, -0.15) is 5.26 Å². The Bertz CT molecular complexity index is 830. The van der Waals surface area contributed by atoms with E-state index >= 15 is 0 Å². The van der Waals surface area contributed by atoms with Crippen molar-refractivity contribution in [2.24, 2.45) is 0 Å². The zero-order valence-electron chi connectivity index (χ0n) is 13.0. The molecule has 0 atom stereocenters. The summed E-state index contributed by atoms with van der Waals surface area (Å²) in [6.07, 6.45) is 0. The van der Waals surface area contributed by atoms with Crippen LogP contribution in [0.15, 0.2) is 72.8 Å². The molecule has 3 aromatic rings. The molecular weight excluding hydrogens is 282 g/mol. The van der Waals surface area contributed by atoms with Crippen molar-refractivity contribution in [1.82, 2.24) is 0 Å². The molecule has 0 fully saturated rings. The first-order valence-electron chi connectivity index (χ1n) is 7.54. The molecule has 0 aliphatic rings. The van der Waals surface area contributed by atoms with Crippen LogP contribution >= 0.6 is 0 Å². The summed E-state index contributed by atoms with van der Waals surface area (Å²) in [5, 5.41) is 8.88. The predicted octanol–water partition coefficient (Wildman–Crippen LogP) is 5.11. The molecule has 0 unspecified atom stereocenters. The van der Waals surface area contributed by atoms with Crippen molar-refractivity contribution in [3.05, 3.63) is 89.5 Å². The van der Waals surface area contributed by atoms with Crippen molar-refractivity contribution in [2.45, 2.75) is 13.5 Å². The highest BCUT2D eigenvalue weighted by atomic mass is 16.5. The second-order valence-corrected chi connectivity index (χ2v) is 5.44. The maximum atomic E-state index is 8.88. The first kappa shape index (κ1) is 14.9. The van der Waals surface area contributed by atoms with Gasteiger partial charge in [0.05, 0.1) is 11.6 Å². The van der Waals surface area contributed by atoms with Gasteiger partial charge < -0.3 is 4.74 Å². The summed E-state index contributed by atoms with van der Waals surface area (Å²) in [6.45, 7) is 2.64. The van der Waals surface area contributed by atoms with Crippen molar-refractivity contribution >= 4 is 0 Å². The number of nitriles is 1. The Balaban J connectivity index is 1.76. The highest BCUT2D eigenvalue weighted by Gasteiger charge is 2.04. The zero-order chi connectivity index (χ0) is 16.1. The molecule has 0 N–H and O–H groups in total. The standard InChI is InChI=1S/C21H17NO/c1-16-13-20(23-15-18-5-3-2-4-6-18)11-12-21(16)19-9-7-17(14-22)8-10-19/h2-13H,15H2,1H3. The molecule has 0 saturated carbocycles. The van der Waals surface area contributed by atoms with Crippen LogP contribution in [0.1, 0.15) is 16.7 Å². The highest BCUT2D eigenvalue weighted by Crippen LogP contribution is 2.27. The Morgan fingerprint density at radius 1 is 0.913 bits per heavy atom. The number of ether oxygens (including phenoxy) is 1. The lowest BCUT2D eigenvalue weighted by atomic mass is 9.99. The van der Waals surface area contributed by atoms with Crippen LogP contribution in [-0.2, 0) is 6.61 Å². The molecule has 3 aromatic carbocycles. The molecule has 2 nitrogen and oxygen atoms in total. The Hall–Kier alpha value is -3.05. The Morgan fingerprint density at radius 2 is 1.65 bits per heavy atom. The largest absolute Gasteiger partial charge is 0.489 e. The summed E-state index contributed by atoms with van der Waals surface area (Å²) in [4.78, 5) is 0. The van der Waals surface area contributed by atoms with Crippen LogP contribution in [0.5, 0.6) is 5.75 Å². The molecule has 0 aromatic heterocycles. The van der Waals surface area contributed by atoms with Gasteiger partial charge in [-0.15, -0.1) is 0 Å². The third-order valence-corrected chi connectivity index (χ3v) is 3.77. The van der Waals surface area contributed by atoms with Gasteiger partial charge in [-0.3, -0.25) is 0 Å². The third kappa shape index (κ3) is 3.59. The lowest BCUT2D eigenvalue weighted by Crippen LogP contribution is -1.95. The molecule has 2 heteroatoms. The van der Waals surface area contributed by atoms with E-state index in [1.807, 2.05) is 48.5 Å². The highest BCUT2D eigenvalue weighted by molar-refractivity contribution is 5.68. The lowest BCUT2D eigenvalue weighted by molar-refractivity contribution is 0.306. The molecule has 0 saturated heterocycles. The van der Waals surface area contributed by atoms with E-state index in [1.165, 1.54) is 0 Å². The Morgan fingerprint density at radius 3 is 2.30 bits per heavy atom. The van der Waals surface area contributed by atoms with Crippen LogP contribution in [0.4, 0.5) is 0 Å². The number of benzene rings is 3. The maximum Gasteiger partial charge on any atom is 0.120 e. The monoisotopic (exact) mass is 299 g/mol. The Labute approximate surface area is 136 Å². The topological polar surface area (TPSA) is 33.0 Å². The quantitative estimate of drug-likeness (QED) is 0.670. The summed E-state index contributed by atoms with van der Waals surface area (Å²) in [6, 6.07) is 26.0. The molecule has 0 aliphatic heterocycles. The molecule has 0 aliphatic carbocycles. The SMILES string of the molecule is Cc1cc(OCc2ccccc2)ccc1-c1ccc(C#N)cc1. The molecule has 0 heterocycles. The lowest BCUT2D eigenvalue weighted by Gasteiger charge is -2.11. The van der Waals surface area contributed by atoms with Gasteiger partial charge in [0, 0.05) is 0 Å². The van der Waals surface area contributed by atoms with Gasteiger partial charge in [-0.05, 0) is 53.4 Å². The summed E-state index contributed by atoms with van der Waals surface area (Å²) >= 11 is 0.